The number of benzene rings is 2. The molecule has 2 aromatic rings. The third kappa shape index (κ3) is 3.79. The van der Waals surface area contributed by atoms with E-state index >= 15 is 0 Å². The minimum Gasteiger partial charge on any atom is -0.451 e. The summed E-state index contributed by atoms with van der Waals surface area (Å²) < 4.78 is 5.36. The number of carbonyl (C=O) groups is 2. The first-order valence-electron chi connectivity index (χ1n) is 9.68. The molecule has 2 aliphatic rings. The number of nitrogens with two attached hydrogens (primary N) is 1. The zero-order valence-electron chi connectivity index (χ0n) is 16.2. The minimum absolute atomic E-state index is 0.0278. The van der Waals surface area contributed by atoms with Crippen molar-refractivity contribution in [1.82, 2.24) is 4.90 Å². The van der Waals surface area contributed by atoms with Crippen molar-refractivity contribution in [3.63, 3.8) is 0 Å². The highest BCUT2D eigenvalue weighted by Gasteiger charge is 2.56. The van der Waals surface area contributed by atoms with Crippen molar-refractivity contribution in [1.29, 1.82) is 0 Å². The zero-order chi connectivity index (χ0) is 20.4. The van der Waals surface area contributed by atoms with Crippen LogP contribution in [0.2, 0.25) is 0 Å². The lowest BCUT2D eigenvalue weighted by molar-refractivity contribution is -0.154. The zero-order valence-corrected chi connectivity index (χ0v) is 17.8. The van der Waals surface area contributed by atoms with Gasteiger partial charge in [-0.15, -0.1) is 23.5 Å². The lowest BCUT2D eigenvalue weighted by atomic mass is 10.00. The SMILES string of the molecule is CCSC1(C(=O)OC(c2ccccc2)c2ccccc2)CS[C@@H]2C(N)C(=O)N2C1. The number of rotatable bonds is 6. The molecule has 4 rings (SSSR count). The Morgan fingerprint density at radius 1 is 1.21 bits per heavy atom. The summed E-state index contributed by atoms with van der Waals surface area (Å²) in [7, 11) is 0. The first-order valence-corrected chi connectivity index (χ1v) is 11.7. The Labute approximate surface area is 179 Å². The summed E-state index contributed by atoms with van der Waals surface area (Å²) in [5.41, 5.74) is 7.76. The summed E-state index contributed by atoms with van der Waals surface area (Å²) in [6, 6.07) is 19.1. The molecule has 2 unspecified atom stereocenters. The van der Waals surface area contributed by atoms with Gasteiger partial charge in [0.05, 0.1) is 0 Å². The van der Waals surface area contributed by atoms with Crippen molar-refractivity contribution in [3.05, 3.63) is 71.8 Å². The fourth-order valence-corrected chi connectivity index (χ4v) is 6.62. The summed E-state index contributed by atoms with van der Waals surface area (Å²) >= 11 is 3.13. The van der Waals surface area contributed by atoms with Gasteiger partial charge in [-0.2, -0.15) is 0 Å². The number of carbonyl (C=O) groups excluding carboxylic acids is 2. The van der Waals surface area contributed by atoms with Crippen molar-refractivity contribution in [2.45, 2.75) is 29.2 Å². The Morgan fingerprint density at radius 2 is 1.79 bits per heavy atom. The molecular formula is C22H24N2O3S2. The fraction of sp³-hybridized carbons (Fsp3) is 0.364. The predicted molar refractivity (Wildman–Crippen MR) is 118 cm³/mol. The molecule has 0 radical (unpaired) electrons. The van der Waals surface area contributed by atoms with Gasteiger partial charge < -0.3 is 15.4 Å². The lowest BCUT2D eigenvalue weighted by Crippen LogP contribution is -2.73. The Morgan fingerprint density at radius 3 is 2.34 bits per heavy atom. The quantitative estimate of drug-likeness (QED) is 0.563. The van der Waals surface area contributed by atoms with Gasteiger partial charge >= 0.3 is 5.97 Å². The molecule has 2 saturated heterocycles. The van der Waals surface area contributed by atoms with Gasteiger partial charge in [0.25, 0.3) is 0 Å². The smallest absolute Gasteiger partial charge is 0.325 e. The van der Waals surface area contributed by atoms with Crippen LogP contribution in [0.25, 0.3) is 0 Å². The van der Waals surface area contributed by atoms with E-state index in [1.807, 2.05) is 67.6 Å². The first kappa shape index (κ1) is 20.3. The number of ether oxygens (including phenoxy) is 1. The van der Waals surface area contributed by atoms with E-state index < -0.39 is 16.9 Å². The van der Waals surface area contributed by atoms with Crippen LogP contribution >= 0.6 is 23.5 Å². The Bertz CT molecular complexity index is 841. The van der Waals surface area contributed by atoms with Crippen LogP contribution in [0.3, 0.4) is 0 Å². The van der Waals surface area contributed by atoms with Crippen LogP contribution in [-0.4, -0.2) is 51.0 Å². The second-order valence-electron chi connectivity index (χ2n) is 7.23. The second-order valence-corrected chi connectivity index (χ2v) is 9.98. The van der Waals surface area contributed by atoms with Crippen LogP contribution in [0, 0.1) is 0 Å². The van der Waals surface area contributed by atoms with Gasteiger partial charge in [-0.3, -0.25) is 9.59 Å². The molecule has 1 amide bonds. The highest BCUT2D eigenvalue weighted by atomic mass is 32.2. The summed E-state index contributed by atoms with van der Waals surface area (Å²) in [6.45, 7) is 2.37. The minimum atomic E-state index is -0.784. The van der Waals surface area contributed by atoms with Crippen LogP contribution in [0.4, 0.5) is 0 Å². The van der Waals surface area contributed by atoms with E-state index in [1.54, 1.807) is 28.4 Å². The van der Waals surface area contributed by atoms with E-state index in [2.05, 4.69) is 0 Å². The van der Waals surface area contributed by atoms with Gasteiger partial charge in [-0.1, -0.05) is 67.6 Å². The number of amides is 1. The molecule has 2 aromatic carbocycles. The summed E-state index contributed by atoms with van der Waals surface area (Å²) in [5.74, 6) is 0.985. The van der Waals surface area contributed by atoms with E-state index in [9.17, 15) is 9.59 Å². The molecule has 5 nitrogen and oxygen atoms in total. The van der Waals surface area contributed by atoms with E-state index in [0.717, 1.165) is 16.9 Å². The number of fused-ring (bicyclic) bond motifs is 1. The molecule has 2 N–H and O–H groups in total. The number of hydrogen-bond donors (Lipinski definition) is 1. The van der Waals surface area contributed by atoms with Crippen molar-refractivity contribution in [2.24, 2.45) is 5.73 Å². The van der Waals surface area contributed by atoms with Crippen molar-refractivity contribution in [3.8, 4) is 0 Å². The van der Waals surface area contributed by atoms with Crippen LogP contribution in [0.5, 0.6) is 0 Å². The average Bonchev–Trinajstić information content (AvgIpc) is 2.78. The Hall–Kier alpha value is -1.96. The maximum Gasteiger partial charge on any atom is 0.325 e. The number of thioether (sulfide) groups is 2. The van der Waals surface area contributed by atoms with Crippen LogP contribution < -0.4 is 5.73 Å². The van der Waals surface area contributed by atoms with Gasteiger partial charge in [0.1, 0.15) is 16.2 Å². The molecule has 29 heavy (non-hydrogen) atoms. The molecule has 0 aliphatic carbocycles. The van der Waals surface area contributed by atoms with E-state index in [4.69, 9.17) is 10.5 Å². The standard InChI is InChI=1S/C22H24N2O3S2/c1-2-29-22(13-24-19(25)17(23)20(24)28-14-22)21(26)27-18(15-9-5-3-6-10-15)16-11-7-4-8-12-16/h3-12,17-18,20H,2,13-14,23H2,1H3/t17?,20-,22?/m1/s1. The Balaban J connectivity index is 1.61. The van der Waals surface area contributed by atoms with E-state index in [-0.39, 0.29) is 17.3 Å². The van der Waals surface area contributed by atoms with Gasteiger partial charge in [0.2, 0.25) is 5.91 Å². The fourth-order valence-electron chi connectivity index (χ4n) is 3.80. The molecule has 0 bridgehead atoms. The molecular weight excluding hydrogens is 404 g/mol. The molecule has 0 saturated carbocycles. The molecule has 2 aliphatic heterocycles. The number of nitrogens with zero attached hydrogens (tertiary/aromatic N) is 1. The third-order valence-corrected chi connectivity index (χ3v) is 8.33. The summed E-state index contributed by atoms with van der Waals surface area (Å²) in [6.07, 6.45) is -0.490. The number of β-lactam (4-membered cyclic amide) rings is 1. The molecule has 0 spiro atoms. The van der Waals surface area contributed by atoms with Gasteiger partial charge in [-0.25, -0.2) is 0 Å². The number of esters is 1. The average molecular weight is 429 g/mol. The maximum atomic E-state index is 13.5. The lowest BCUT2D eigenvalue weighted by Gasteiger charge is -2.53. The van der Waals surface area contributed by atoms with Crippen LogP contribution in [0.1, 0.15) is 24.2 Å². The maximum absolute atomic E-state index is 13.5. The predicted octanol–water partition coefficient (Wildman–Crippen LogP) is 3.05. The number of hydrogen-bond acceptors (Lipinski definition) is 6. The van der Waals surface area contributed by atoms with E-state index in [0.29, 0.717) is 12.3 Å². The van der Waals surface area contributed by atoms with Crippen molar-refractivity contribution >= 4 is 35.4 Å². The van der Waals surface area contributed by atoms with Gasteiger partial charge in [0.15, 0.2) is 6.10 Å². The monoisotopic (exact) mass is 428 g/mol. The first-order chi connectivity index (χ1) is 14.1. The molecule has 3 atom stereocenters. The molecule has 152 valence electrons. The summed E-state index contributed by atoms with van der Waals surface area (Å²) in [5, 5.41) is -0.0278. The largest absolute Gasteiger partial charge is 0.451 e. The van der Waals surface area contributed by atoms with Crippen molar-refractivity contribution in [2.75, 3.05) is 18.1 Å². The van der Waals surface area contributed by atoms with E-state index in [1.165, 1.54) is 0 Å². The molecule has 2 fully saturated rings. The molecule has 7 heteroatoms. The molecule has 2 heterocycles. The molecule has 0 aromatic heterocycles. The third-order valence-electron chi connectivity index (χ3n) is 5.32. The van der Waals surface area contributed by atoms with Crippen molar-refractivity contribution < 1.29 is 14.3 Å². The Kier molecular flexibility index (Phi) is 5.90. The van der Waals surface area contributed by atoms with Gasteiger partial charge in [-0.05, 0) is 16.9 Å². The second kappa shape index (κ2) is 8.42. The normalized spacial score (nSPS) is 26.0. The highest BCUT2D eigenvalue weighted by molar-refractivity contribution is 8.05. The van der Waals surface area contributed by atoms with Gasteiger partial charge in [0, 0.05) is 12.3 Å². The summed E-state index contributed by atoms with van der Waals surface area (Å²) in [4.78, 5) is 27.4. The van der Waals surface area contributed by atoms with Crippen LogP contribution in [-0.2, 0) is 14.3 Å². The van der Waals surface area contributed by atoms with Crippen LogP contribution in [0.15, 0.2) is 60.7 Å². The highest BCUT2D eigenvalue weighted by Crippen LogP contribution is 2.44. The topological polar surface area (TPSA) is 72.6 Å².